The Labute approximate surface area is 135 Å². The molecule has 3 atom stereocenters. The predicted octanol–water partition coefficient (Wildman–Crippen LogP) is 4.05. The van der Waals surface area contributed by atoms with E-state index in [9.17, 15) is 8.78 Å². The minimum absolute atomic E-state index is 0.0186. The molecule has 2 aliphatic rings. The summed E-state index contributed by atoms with van der Waals surface area (Å²) in [5, 5.41) is 0. The van der Waals surface area contributed by atoms with E-state index >= 15 is 0 Å². The summed E-state index contributed by atoms with van der Waals surface area (Å²) in [6, 6.07) is 0.0876. The number of halogens is 2. The van der Waals surface area contributed by atoms with Crippen LogP contribution in [0.25, 0.3) is 0 Å². The van der Waals surface area contributed by atoms with Gasteiger partial charge in [-0.3, -0.25) is 9.80 Å². The molecule has 0 aliphatic carbocycles. The molecule has 22 heavy (non-hydrogen) atoms. The van der Waals surface area contributed by atoms with Crippen molar-refractivity contribution < 1.29 is 8.78 Å². The highest BCUT2D eigenvalue weighted by molar-refractivity contribution is 4.99. The van der Waals surface area contributed by atoms with Gasteiger partial charge in [-0.25, -0.2) is 8.78 Å². The summed E-state index contributed by atoms with van der Waals surface area (Å²) in [4.78, 5) is 4.66. The van der Waals surface area contributed by atoms with Crippen LogP contribution in [0.5, 0.6) is 0 Å². The van der Waals surface area contributed by atoms with Crippen LogP contribution in [0.3, 0.4) is 0 Å². The summed E-state index contributed by atoms with van der Waals surface area (Å²) >= 11 is 0. The van der Waals surface area contributed by atoms with Gasteiger partial charge in [-0.1, -0.05) is 0 Å². The van der Waals surface area contributed by atoms with E-state index in [1.165, 1.54) is 0 Å². The highest BCUT2D eigenvalue weighted by Gasteiger charge is 2.44. The Kier molecular flexibility index (Phi) is 5.54. The summed E-state index contributed by atoms with van der Waals surface area (Å²) in [7, 11) is 0. The number of likely N-dealkylation sites (tertiary alicyclic amines) is 2. The van der Waals surface area contributed by atoms with Crippen LogP contribution in [-0.4, -0.2) is 59.4 Å². The molecule has 0 bridgehead atoms. The average Bonchev–Trinajstić information content (AvgIpc) is 3.03. The second-order valence-corrected chi connectivity index (χ2v) is 8.79. The number of hydrogen-bond acceptors (Lipinski definition) is 2. The molecule has 4 heteroatoms. The maximum absolute atomic E-state index is 13.7. The van der Waals surface area contributed by atoms with E-state index in [0.717, 1.165) is 38.8 Å². The van der Waals surface area contributed by atoms with Crippen molar-refractivity contribution >= 4 is 0 Å². The molecular weight excluding hydrogens is 282 g/mol. The molecule has 0 saturated carbocycles. The molecule has 2 heterocycles. The van der Waals surface area contributed by atoms with Crippen LogP contribution in [0.4, 0.5) is 8.78 Å². The van der Waals surface area contributed by atoms with Crippen LogP contribution in [0.15, 0.2) is 0 Å². The second-order valence-electron chi connectivity index (χ2n) is 8.79. The molecule has 0 radical (unpaired) electrons. The van der Waals surface area contributed by atoms with Crippen molar-refractivity contribution in [2.24, 2.45) is 5.92 Å². The largest absolute Gasteiger partial charge is 0.293 e. The van der Waals surface area contributed by atoms with Gasteiger partial charge in [-0.05, 0) is 79.3 Å². The van der Waals surface area contributed by atoms with Gasteiger partial charge >= 0.3 is 0 Å². The van der Waals surface area contributed by atoms with E-state index in [1.807, 2.05) is 0 Å². The Bertz CT molecular complexity index is 365. The lowest BCUT2D eigenvalue weighted by Gasteiger charge is -2.43. The van der Waals surface area contributed by atoms with E-state index in [-0.39, 0.29) is 36.5 Å². The third-order valence-corrected chi connectivity index (χ3v) is 5.80. The van der Waals surface area contributed by atoms with Crippen molar-refractivity contribution in [2.45, 2.75) is 83.5 Å². The molecule has 2 unspecified atom stereocenters. The quantitative estimate of drug-likeness (QED) is 0.755. The third-order valence-electron chi connectivity index (χ3n) is 5.80. The molecule has 0 aromatic heterocycles. The summed E-state index contributed by atoms with van der Waals surface area (Å²) < 4.78 is 27.0. The fourth-order valence-corrected chi connectivity index (χ4v) is 4.75. The standard InChI is InChI=1S/C18H34F2N2/c1-17(2,3)22-10-8-14(16(22)13-20)11-18(4,5)21-9-6-7-15(21)12-19/h14-16H,6-13H2,1-5H3/t14?,15-,16?/m1/s1. The fraction of sp³-hybridized carbons (Fsp3) is 1.00. The molecule has 2 saturated heterocycles. The van der Waals surface area contributed by atoms with Crippen molar-refractivity contribution in [3.05, 3.63) is 0 Å². The third kappa shape index (κ3) is 3.64. The first kappa shape index (κ1) is 18.1. The number of alkyl halides is 2. The molecular formula is C18H34F2N2. The monoisotopic (exact) mass is 316 g/mol. The van der Waals surface area contributed by atoms with Gasteiger partial charge in [-0.2, -0.15) is 0 Å². The average molecular weight is 316 g/mol. The number of rotatable bonds is 5. The summed E-state index contributed by atoms with van der Waals surface area (Å²) in [6.45, 7) is 12.4. The van der Waals surface area contributed by atoms with Gasteiger partial charge in [0.15, 0.2) is 0 Å². The lowest BCUT2D eigenvalue weighted by atomic mass is 9.84. The summed E-state index contributed by atoms with van der Waals surface area (Å²) in [6.07, 6.45) is 4.07. The van der Waals surface area contributed by atoms with E-state index < -0.39 is 0 Å². The molecule has 2 rings (SSSR count). The van der Waals surface area contributed by atoms with Gasteiger partial charge in [0.2, 0.25) is 0 Å². The Hall–Kier alpha value is -0.220. The zero-order valence-electron chi connectivity index (χ0n) is 15.0. The normalized spacial score (nSPS) is 32.0. The molecule has 0 spiro atoms. The molecule has 2 nitrogen and oxygen atoms in total. The Morgan fingerprint density at radius 3 is 2.14 bits per heavy atom. The highest BCUT2D eigenvalue weighted by atomic mass is 19.1. The van der Waals surface area contributed by atoms with E-state index in [1.54, 1.807) is 0 Å². The van der Waals surface area contributed by atoms with Gasteiger partial charge in [-0.15, -0.1) is 0 Å². The van der Waals surface area contributed by atoms with Gasteiger partial charge < -0.3 is 0 Å². The molecule has 0 aromatic carbocycles. The van der Waals surface area contributed by atoms with Crippen LogP contribution in [0, 0.1) is 5.92 Å². The first-order valence-electron chi connectivity index (χ1n) is 8.86. The van der Waals surface area contributed by atoms with Crippen molar-refractivity contribution in [1.82, 2.24) is 9.80 Å². The molecule has 0 amide bonds. The highest BCUT2D eigenvalue weighted by Crippen LogP contribution is 2.39. The number of nitrogens with zero attached hydrogens (tertiary/aromatic N) is 2. The van der Waals surface area contributed by atoms with Crippen LogP contribution in [0.2, 0.25) is 0 Å². The minimum atomic E-state index is -0.273. The number of hydrogen-bond donors (Lipinski definition) is 0. The van der Waals surface area contributed by atoms with Crippen molar-refractivity contribution in [3.8, 4) is 0 Å². The van der Waals surface area contributed by atoms with Gasteiger partial charge in [0.1, 0.15) is 13.3 Å². The van der Waals surface area contributed by atoms with Crippen molar-refractivity contribution in [1.29, 1.82) is 0 Å². The predicted molar refractivity (Wildman–Crippen MR) is 88.7 cm³/mol. The fourth-order valence-electron chi connectivity index (χ4n) is 4.75. The van der Waals surface area contributed by atoms with E-state index in [2.05, 4.69) is 44.4 Å². The second kappa shape index (κ2) is 6.72. The van der Waals surface area contributed by atoms with E-state index in [0.29, 0.717) is 5.92 Å². The van der Waals surface area contributed by atoms with Gasteiger partial charge in [0.25, 0.3) is 0 Å². The maximum atomic E-state index is 13.7. The van der Waals surface area contributed by atoms with Crippen LogP contribution >= 0.6 is 0 Å². The molecule has 2 fully saturated rings. The first-order chi connectivity index (χ1) is 10.2. The Morgan fingerprint density at radius 2 is 1.59 bits per heavy atom. The maximum Gasteiger partial charge on any atom is 0.105 e. The van der Waals surface area contributed by atoms with Crippen molar-refractivity contribution in [2.75, 3.05) is 26.4 Å². The summed E-state index contributed by atoms with van der Waals surface area (Å²) in [5.74, 6) is 0.375. The minimum Gasteiger partial charge on any atom is -0.293 e. The topological polar surface area (TPSA) is 6.48 Å². The molecule has 0 aromatic rings. The molecule has 0 N–H and O–H groups in total. The Balaban J connectivity index is 2.06. The molecule has 2 aliphatic heterocycles. The van der Waals surface area contributed by atoms with Crippen molar-refractivity contribution in [3.63, 3.8) is 0 Å². The van der Waals surface area contributed by atoms with Crippen LogP contribution < -0.4 is 0 Å². The Morgan fingerprint density at radius 1 is 0.909 bits per heavy atom. The van der Waals surface area contributed by atoms with Crippen LogP contribution in [0.1, 0.15) is 60.3 Å². The first-order valence-corrected chi connectivity index (χ1v) is 8.86. The zero-order valence-corrected chi connectivity index (χ0v) is 15.0. The van der Waals surface area contributed by atoms with Gasteiger partial charge in [0.05, 0.1) is 0 Å². The van der Waals surface area contributed by atoms with Gasteiger partial charge in [0, 0.05) is 23.2 Å². The SMILES string of the molecule is CC(C)(C)N1CCC(CC(C)(C)N2CCC[C@@H]2CF)C1CF. The summed E-state index contributed by atoms with van der Waals surface area (Å²) in [5.41, 5.74) is -0.0238. The van der Waals surface area contributed by atoms with Crippen LogP contribution in [-0.2, 0) is 0 Å². The lowest BCUT2D eigenvalue weighted by Crippen LogP contribution is -2.51. The smallest absolute Gasteiger partial charge is 0.105 e. The van der Waals surface area contributed by atoms with E-state index in [4.69, 9.17) is 0 Å². The molecule has 130 valence electrons. The lowest BCUT2D eigenvalue weighted by molar-refractivity contribution is 0.0447. The zero-order chi connectivity index (χ0) is 16.5.